The molecule has 39 heavy (non-hydrogen) atoms. The van der Waals surface area contributed by atoms with Gasteiger partial charge in [0.2, 0.25) is 12.1 Å². The average Bonchev–Trinajstić information content (AvgIpc) is 2.85. The SMILES string of the molecule is COc1cc2nc[nH]c(=O)c2cc1O[C@H]1CC[C@@H](C(=O)N(CCNC(O)C(F)(F)F)C(=O)OC(C)(C)C)CC1. The highest BCUT2D eigenvalue weighted by atomic mass is 19.4. The van der Waals surface area contributed by atoms with Crippen molar-refractivity contribution in [2.24, 2.45) is 5.92 Å². The molecule has 0 aliphatic heterocycles. The summed E-state index contributed by atoms with van der Waals surface area (Å²) < 4.78 is 54.6. The molecule has 1 unspecified atom stereocenters. The molecule has 1 aliphatic carbocycles. The fourth-order valence-corrected chi connectivity index (χ4v) is 4.19. The molecule has 1 aromatic heterocycles. The minimum Gasteiger partial charge on any atom is -0.493 e. The van der Waals surface area contributed by atoms with Gasteiger partial charge in [-0.2, -0.15) is 13.2 Å². The number of benzene rings is 1. The van der Waals surface area contributed by atoms with Crippen molar-refractivity contribution >= 4 is 22.9 Å². The smallest absolute Gasteiger partial charge is 0.427 e. The molecule has 3 N–H and O–H groups in total. The van der Waals surface area contributed by atoms with E-state index in [1.807, 2.05) is 5.32 Å². The van der Waals surface area contributed by atoms with Gasteiger partial charge in [0.05, 0.1) is 30.4 Å². The van der Waals surface area contributed by atoms with Crippen LogP contribution in [-0.2, 0) is 9.53 Å². The first-order chi connectivity index (χ1) is 18.2. The number of aliphatic hydroxyl groups is 1. The van der Waals surface area contributed by atoms with Crippen molar-refractivity contribution in [3.8, 4) is 11.5 Å². The molecule has 1 heterocycles. The van der Waals surface area contributed by atoms with E-state index in [2.05, 4.69) is 9.97 Å². The number of rotatable bonds is 8. The van der Waals surface area contributed by atoms with Crippen molar-refractivity contribution in [1.29, 1.82) is 0 Å². The highest BCUT2D eigenvalue weighted by Crippen LogP contribution is 2.35. The van der Waals surface area contributed by atoms with Crippen LogP contribution in [0, 0.1) is 5.92 Å². The van der Waals surface area contributed by atoms with Crippen molar-refractivity contribution in [3.63, 3.8) is 0 Å². The van der Waals surface area contributed by atoms with Crippen LogP contribution in [0.4, 0.5) is 18.0 Å². The molecule has 11 nitrogen and oxygen atoms in total. The van der Waals surface area contributed by atoms with Crippen LogP contribution in [0.25, 0.3) is 10.9 Å². The second-order valence-corrected chi connectivity index (χ2v) is 10.2. The number of nitrogens with zero attached hydrogens (tertiary/aromatic N) is 2. The Balaban J connectivity index is 1.66. The highest BCUT2D eigenvalue weighted by Gasteiger charge is 2.39. The molecule has 0 bridgehead atoms. The van der Waals surface area contributed by atoms with E-state index in [0.29, 0.717) is 48.1 Å². The molecular weight excluding hydrogens is 525 g/mol. The van der Waals surface area contributed by atoms with Crippen LogP contribution >= 0.6 is 0 Å². The van der Waals surface area contributed by atoms with Gasteiger partial charge in [0, 0.05) is 25.1 Å². The van der Waals surface area contributed by atoms with Crippen LogP contribution in [0.5, 0.6) is 11.5 Å². The summed E-state index contributed by atoms with van der Waals surface area (Å²) in [7, 11) is 1.46. The normalized spacial score (nSPS) is 18.9. The lowest BCUT2D eigenvalue weighted by Gasteiger charge is -2.33. The number of hydrogen-bond acceptors (Lipinski definition) is 9. The summed E-state index contributed by atoms with van der Waals surface area (Å²) in [5, 5.41) is 11.4. The number of alkyl halides is 3. The number of carbonyl (C=O) groups is 2. The van der Waals surface area contributed by atoms with Gasteiger partial charge in [-0.15, -0.1) is 0 Å². The highest BCUT2D eigenvalue weighted by molar-refractivity contribution is 5.93. The first kappa shape index (κ1) is 30.2. The Kier molecular flexibility index (Phi) is 9.43. The van der Waals surface area contributed by atoms with Crippen LogP contribution in [0.1, 0.15) is 46.5 Å². The molecule has 1 aromatic carbocycles. The van der Waals surface area contributed by atoms with E-state index >= 15 is 0 Å². The molecule has 3 rings (SSSR count). The number of carbonyl (C=O) groups excluding carboxylic acids is 2. The van der Waals surface area contributed by atoms with E-state index in [4.69, 9.17) is 14.2 Å². The Morgan fingerprint density at radius 2 is 1.85 bits per heavy atom. The quantitative estimate of drug-likeness (QED) is 0.417. The monoisotopic (exact) mass is 558 g/mol. The predicted octanol–water partition coefficient (Wildman–Crippen LogP) is 3.10. The molecule has 216 valence electrons. The number of imide groups is 1. The number of ether oxygens (including phenoxy) is 3. The van der Waals surface area contributed by atoms with Crippen molar-refractivity contribution in [3.05, 3.63) is 28.8 Å². The Morgan fingerprint density at radius 1 is 1.18 bits per heavy atom. The molecule has 1 saturated carbocycles. The first-order valence-corrected chi connectivity index (χ1v) is 12.4. The zero-order chi connectivity index (χ0) is 29.0. The fraction of sp³-hybridized carbons (Fsp3) is 0.600. The number of fused-ring (bicyclic) bond motifs is 1. The van der Waals surface area contributed by atoms with E-state index in [1.54, 1.807) is 32.9 Å². The molecule has 14 heteroatoms. The summed E-state index contributed by atoms with van der Waals surface area (Å²) >= 11 is 0. The summed E-state index contributed by atoms with van der Waals surface area (Å²) in [5.74, 6) is -0.422. The Hall–Kier alpha value is -3.39. The summed E-state index contributed by atoms with van der Waals surface area (Å²) in [6.07, 6.45) is -6.11. The van der Waals surface area contributed by atoms with Gasteiger partial charge >= 0.3 is 12.3 Å². The van der Waals surface area contributed by atoms with E-state index < -0.39 is 49.0 Å². The van der Waals surface area contributed by atoms with Gasteiger partial charge < -0.3 is 24.3 Å². The Labute approximate surface area is 222 Å². The summed E-state index contributed by atoms with van der Waals surface area (Å²) in [6, 6.07) is 3.14. The lowest BCUT2D eigenvalue weighted by molar-refractivity contribution is -0.213. The Bertz CT molecular complexity index is 1220. The van der Waals surface area contributed by atoms with Crippen molar-refractivity contribution in [2.45, 2.75) is 70.6 Å². The average molecular weight is 559 g/mol. The van der Waals surface area contributed by atoms with Crippen LogP contribution in [-0.4, -0.2) is 76.3 Å². The van der Waals surface area contributed by atoms with E-state index in [1.165, 1.54) is 13.4 Å². The number of H-pyrrole nitrogens is 1. The van der Waals surface area contributed by atoms with Crippen molar-refractivity contribution < 1.29 is 42.1 Å². The zero-order valence-electron chi connectivity index (χ0n) is 22.1. The van der Waals surface area contributed by atoms with Gasteiger partial charge in [-0.25, -0.2) is 14.7 Å². The molecular formula is C25H33F3N4O7. The van der Waals surface area contributed by atoms with E-state index in [9.17, 15) is 32.7 Å². The predicted molar refractivity (Wildman–Crippen MR) is 133 cm³/mol. The molecule has 0 spiro atoms. The minimum absolute atomic E-state index is 0.310. The summed E-state index contributed by atoms with van der Waals surface area (Å²) in [4.78, 5) is 45.5. The number of aliphatic hydroxyl groups excluding tert-OH is 1. The Morgan fingerprint density at radius 3 is 2.44 bits per heavy atom. The van der Waals surface area contributed by atoms with Crippen LogP contribution in [0.3, 0.4) is 0 Å². The fourth-order valence-electron chi connectivity index (χ4n) is 4.19. The second-order valence-electron chi connectivity index (χ2n) is 10.2. The van der Waals surface area contributed by atoms with Crippen molar-refractivity contribution in [1.82, 2.24) is 20.2 Å². The van der Waals surface area contributed by atoms with Gasteiger partial charge in [-0.3, -0.25) is 14.9 Å². The first-order valence-electron chi connectivity index (χ1n) is 12.4. The topological polar surface area (TPSA) is 143 Å². The number of aromatic amines is 1. The van der Waals surface area contributed by atoms with Crippen LogP contribution < -0.4 is 20.3 Å². The van der Waals surface area contributed by atoms with Gasteiger partial charge in [-0.05, 0) is 52.5 Å². The molecule has 1 fully saturated rings. The van der Waals surface area contributed by atoms with Gasteiger partial charge in [-0.1, -0.05) is 0 Å². The van der Waals surface area contributed by atoms with E-state index in [0.717, 1.165) is 4.90 Å². The lowest BCUT2D eigenvalue weighted by Crippen LogP contribution is -2.50. The maximum atomic E-state index is 13.3. The number of methoxy groups -OCH3 is 1. The maximum absolute atomic E-state index is 13.3. The number of amides is 2. The number of nitrogens with one attached hydrogen (secondary N) is 2. The number of hydrogen-bond donors (Lipinski definition) is 3. The van der Waals surface area contributed by atoms with Crippen LogP contribution in [0.15, 0.2) is 23.3 Å². The standard InChI is InChI=1S/C25H33F3N4O7/c1-24(2,3)39-23(36)32(10-9-29-22(35)25(26,27)28)21(34)14-5-7-15(8-6-14)38-19-11-16-17(12-18(19)37-4)30-13-31-20(16)33/h11-15,22,29,35H,5-10H2,1-4H3,(H,30,31,33)/t14-,15+,22?. The zero-order valence-corrected chi connectivity index (χ0v) is 22.1. The van der Waals surface area contributed by atoms with Gasteiger partial charge in [0.1, 0.15) is 5.60 Å². The summed E-state index contributed by atoms with van der Waals surface area (Å²) in [5.41, 5.74) is -0.825. The third-order valence-electron chi connectivity index (χ3n) is 6.11. The van der Waals surface area contributed by atoms with Crippen LogP contribution in [0.2, 0.25) is 0 Å². The van der Waals surface area contributed by atoms with Crippen molar-refractivity contribution in [2.75, 3.05) is 20.2 Å². The molecule has 0 saturated heterocycles. The molecule has 1 aliphatic rings. The second kappa shape index (κ2) is 12.2. The third-order valence-corrected chi connectivity index (χ3v) is 6.11. The third kappa shape index (κ3) is 8.05. The molecule has 2 amide bonds. The number of aromatic nitrogens is 2. The van der Waals surface area contributed by atoms with Gasteiger partial charge in [0.25, 0.3) is 5.56 Å². The largest absolute Gasteiger partial charge is 0.493 e. The molecule has 0 radical (unpaired) electrons. The summed E-state index contributed by atoms with van der Waals surface area (Å²) in [6.45, 7) is 3.90. The minimum atomic E-state index is -4.89. The maximum Gasteiger partial charge on any atom is 0.427 e. The van der Waals surface area contributed by atoms with E-state index in [-0.39, 0.29) is 11.7 Å². The molecule has 1 atom stereocenters. The number of halogens is 3. The lowest BCUT2D eigenvalue weighted by atomic mass is 9.86. The van der Waals surface area contributed by atoms with Gasteiger partial charge in [0.15, 0.2) is 11.5 Å². The molecule has 2 aromatic rings.